The van der Waals surface area contributed by atoms with Crippen molar-refractivity contribution in [2.24, 2.45) is 0 Å². The van der Waals surface area contributed by atoms with Crippen molar-refractivity contribution >= 4 is 6.08 Å². The summed E-state index contributed by atoms with van der Waals surface area (Å²) in [6.07, 6.45) is 3.69. The molecule has 2 aromatic carbocycles. The predicted molar refractivity (Wildman–Crippen MR) is 85.2 cm³/mol. The van der Waals surface area contributed by atoms with Crippen LogP contribution in [0.4, 0.5) is 0 Å². The van der Waals surface area contributed by atoms with Crippen molar-refractivity contribution in [3.05, 3.63) is 85.1 Å². The quantitative estimate of drug-likeness (QED) is 0.639. The number of hydrogen-bond acceptors (Lipinski definition) is 1. The molecule has 1 heteroatoms. The number of benzene rings is 2. The van der Waals surface area contributed by atoms with E-state index < -0.39 is 0 Å². The van der Waals surface area contributed by atoms with Gasteiger partial charge in [0.2, 0.25) is 0 Å². The zero-order valence-electron chi connectivity index (χ0n) is 11.2. The van der Waals surface area contributed by atoms with E-state index in [1.165, 1.54) is 11.1 Å². The van der Waals surface area contributed by atoms with Gasteiger partial charge in [0, 0.05) is 11.8 Å². The standard InChI is InChI=1S/C19H15N/c1-2-15-7-5-8-16(13-15)17-9-6-10-18(14-17)19-11-3-4-12-20-19/h2-14H,1H2. The van der Waals surface area contributed by atoms with Crippen LogP contribution in [0.25, 0.3) is 28.5 Å². The van der Waals surface area contributed by atoms with Gasteiger partial charge in [0.25, 0.3) is 0 Å². The van der Waals surface area contributed by atoms with Gasteiger partial charge in [0.1, 0.15) is 0 Å². The molecule has 0 saturated carbocycles. The summed E-state index contributed by atoms with van der Waals surface area (Å²) in [4.78, 5) is 4.40. The Hall–Kier alpha value is -2.67. The lowest BCUT2D eigenvalue weighted by Crippen LogP contribution is -1.84. The zero-order valence-corrected chi connectivity index (χ0v) is 11.2. The maximum atomic E-state index is 4.40. The average molecular weight is 257 g/mol. The van der Waals surface area contributed by atoms with E-state index in [1.54, 1.807) is 0 Å². The Morgan fingerprint density at radius 1 is 0.750 bits per heavy atom. The van der Waals surface area contributed by atoms with E-state index in [0.29, 0.717) is 0 Å². The van der Waals surface area contributed by atoms with Crippen LogP contribution in [0.2, 0.25) is 0 Å². The van der Waals surface area contributed by atoms with E-state index in [-0.39, 0.29) is 0 Å². The maximum absolute atomic E-state index is 4.40. The van der Waals surface area contributed by atoms with Gasteiger partial charge in [0.15, 0.2) is 0 Å². The number of pyridine rings is 1. The molecule has 1 heterocycles. The molecule has 96 valence electrons. The molecule has 3 aromatic rings. The molecule has 0 atom stereocenters. The molecular weight excluding hydrogens is 242 g/mol. The molecule has 1 nitrogen and oxygen atoms in total. The fourth-order valence-corrected chi connectivity index (χ4v) is 2.24. The highest BCUT2D eigenvalue weighted by Gasteiger charge is 2.02. The van der Waals surface area contributed by atoms with Crippen LogP contribution in [0.1, 0.15) is 5.56 Å². The maximum Gasteiger partial charge on any atom is 0.0702 e. The summed E-state index contributed by atoms with van der Waals surface area (Å²) < 4.78 is 0. The Balaban J connectivity index is 2.05. The number of rotatable bonds is 3. The first-order valence-corrected chi connectivity index (χ1v) is 6.61. The third kappa shape index (κ3) is 2.52. The van der Waals surface area contributed by atoms with Gasteiger partial charge >= 0.3 is 0 Å². The molecule has 0 unspecified atom stereocenters. The fraction of sp³-hybridized carbons (Fsp3) is 0. The van der Waals surface area contributed by atoms with Crippen molar-refractivity contribution in [2.75, 3.05) is 0 Å². The molecule has 0 fully saturated rings. The molecule has 0 bridgehead atoms. The highest BCUT2D eigenvalue weighted by atomic mass is 14.7. The van der Waals surface area contributed by atoms with Gasteiger partial charge in [-0.15, -0.1) is 0 Å². The van der Waals surface area contributed by atoms with Crippen LogP contribution in [-0.4, -0.2) is 4.98 Å². The molecular formula is C19H15N. The summed E-state index contributed by atoms with van der Waals surface area (Å²) in [5, 5.41) is 0. The van der Waals surface area contributed by atoms with Crippen LogP contribution in [0.15, 0.2) is 79.5 Å². The highest BCUT2D eigenvalue weighted by molar-refractivity contribution is 5.72. The lowest BCUT2D eigenvalue weighted by atomic mass is 10.00. The van der Waals surface area contributed by atoms with E-state index in [4.69, 9.17) is 0 Å². The zero-order chi connectivity index (χ0) is 13.8. The fourth-order valence-electron chi connectivity index (χ4n) is 2.24. The lowest BCUT2D eigenvalue weighted by Gasteiger charge is -2.06. The summed E-state index contributed by atoms with van der Waals surface area (Å²) in [5.74, 6) is 0. The molecule has 0 saturated heterocycles. The van der Waals surface area contributed by atoms with E-state index in [2.05, 4.69) is 60.1 Å². The van der Waals surface area contributed by atoms with Crippen molar-refractivity contribution in [1.82, 2.24) is 4.98 Å². The normalized spacial score (nSPS) is 10.2. The Labute approximate surface area is 119 Å². The largest absolute Gasteiger partial charge is 0.256 e. The second kappa shape index (κ2) is 5.54. The van der Waals surface area contributed by atoms with Gasteiger partial charge in [-0.3, -0.25) is 4.98 Å². The van der Waals surface area contributed by atoms with Gasteiger partial charge in [-0.25, -0.2) is 0 Å². The third-order valence-electron chi connectivity index (χ3n) is 3.28. The van der Waals surface area contributed by atoms with Gasteiger partial charge in [-0.2, -0.15) is 0 Å². The minimum Gasteiger partial charge on any atom is -0.256 e. The van der Waals surface area contributed by atoms with Crippen molar-refractivity contribution in [1.29, 1.82) is 0 Å². The van der Waals surface area contributed by atoms with Crippen LogP contribution >= 0.6 is 0 Å². The topological polar surface area (TPSA) is 12.9 Å². The summed E-state index contributed by atoms with van der Waals surface area (Å²) in [7, 11) is 0. The Bertz CT molecular complexity index is 730. The van der Waals surface area contributed by atoms with Crippen molar-refractivity contribution in [3.63, 3.8) is 0 Å². The minimum atomic E-state index is 0.995. The molecule has 0 aliphatic heterocycles. The summed E-state index contributed by atoms with van der Waals surface area (Å²) in [6, 6.07) is 22.8. The van der Waals surface area contributed by atoms with E-state index in [9.17, 15) is 0 Å². The van der Waals surface area contributed by atoms with E-state index in [0.717, 1.165) is 16.8 Å². The summed E-state index contributed by atoms with van der Waals surface area (Å²) >= 11 is 0. The smallest absolute Gasteiger partial charge is 0.0702 e. The molecule has 0 amide bonds. The Kier molecular flexibility index (Phi) is 3.42. The van der Waals surface area contributed by atoms with Crippen LogP contribution in [0, 0.1) is 0 Å². The van der Waals surface area contributed by atoms with Gasteiger partial charge < -0.3 is 0 Å². The van der Waals surface area contributed by atoms with E-state index >= 15 is 0 Å². The van der Waals surface area contributed by atoms with Crippen molar-refractivity contribution < 1.29 is 0 Å². The van der Waals surface area contributed by atoms with Crippen LogP contribution in [0.3, 0.4) is 0 Å². The highest BCUT2D eigenvalue weighted by Crippen LogP contribution is 2.25. The van der Waals surface area contributed by atoms with Gasteiger partial charge in [0.05, 0.1) is 5.69 Å². The second-order valence-corrected chi connectivity index (χ2v) is 4.63. The molecule has 0 N–H and O–H groups in total. The summed E-state index contributed by atoms with van der Waals surface area (Å²) in [6.45, 7) is 3.82. The summed E-state index contributed by atoms with van der Waals surface area (Å²) in [5.41, 5.74) is 5.64. The average Bonchev–Trinajstić information content (AvgIpc) is 2.56. The van der Waals surface area contributed by atoms with Crippen LogP contribution < -0.4 is 0 Å². The number of aromatic nitrogens is 1. The molecule has 3 rings (SSSR count). The molecule has 20 heavy (non-hydrogen) atoms. The van der Waals surface area contributed by atoms with Gasteiger partial charge in [-0.05, 0) is 41.0 Å². The first kappa shape index (κ1) is 12.4. The van der Waals surface area contributed by atoms with Crippen molar-refractivity contribution in [2.45, 2.75) is 0 Å². The lowest BCUT2D eigenvalue weighted by molar-refractivity contribution is 1.33. The van der Waals surface area contributed by atoms with Crippen LogP contribution in [-0.2, 0) is 0 Å². The SMILES string of the molecule is C=Cc1cccc(-c2cccc(-c3ccccn3)c2)c1. The van der Waals surface area contributed by atoms with Gasteiger partial charge in [-0.1, -0.05) is 55.1 Å². The molecule has 0 aliphatic carbocycles. The first-order valence-electron chi connectivity index (χ1n) is 6.61. The second-order valence-electron chi connectivity index (χ2n) is 4.63. The number of nitrogens with zero attached hydrogens (tertiary/aromatic N) is 1. The molecule has 0 aliphatic rings. The molecule has 1 aromatic heterocycles. The Morgan fingerprint density at radius 2 is 1.50 bits per heavy atom. The molecule has 0 spiro atoms. The monoisotopic (exact) mass is 257 g/mol. The third-order valence-corrected chi connectivity index (χ3v) is 3.28. The first-order chi connectivity index (χ1) is 9.86. The van der Waals surface area contributed by atoms with Crippen LogP contribution in [0.5, 0.6) is 0 Å². The van der Waals surface area contributed by atoms with E-state index in [1.807, 2.05) is 30.5 Å². The number of hydrogen-bond donors (Lipinski definition) is 0. The minimum absolute atomic E-state index is 0.995. The predicted octanol–water partition coefficient (Wildman–Crippen LogP) is 5.06. The Morgan fingerprint density at radius 3 is 2.25 bits per heavy atom. The molecule has 0 radical (unpaired) electrons. The van der Waals surface area contributed by atoms with Crippen molar-refractivity contribution in [3.8, 4) is 22.4 Å².